The Hall–Kier alpha value is -1.62. The fourth-order valence-electron chi connectivity index (χ4n) is 1.87. The molecule has 0 saturated heterocycles. The third kappa shape index (κ3) is 2.61. The minimum absolute atomic E-state index is 0.0731. The first-order chi connectivity index (χ1) is 8.61. The van der Waals surface area contributed by atoms with Crippen molar-refractivity contribution in [3.8, 4) is 0 Å². The first-order valence-electron chi connectivity index (χ1n) is 5.94. The zero-order valence-corrected chi connectivity index (χ0v) is 11.7. The van der Waals surface area contributed by atoms with E-state index in [-0.39, 0.29) is 5.91 Å². The van der Waals surface area contributed by atoms with Crippen LogP contribution in [0.15, 0.2) is 18.5 Å². The van der Waals surface area contributed by atoms with Crippen LogP contribution in [0.1, 0.15) is 32.6 Å². The van der Waals surface area contributed by atoms with Crippen LogP contribution in [-0.4, -0.2) is 28.1 Å². The van der Waals surface area contributed by atoms with Crippen LogP contribution >= 0.6 is 11.3 Å². The highest BCUT2D eigenvalue weighted by Gasteiger charge is 2.16. The highest BCUT2D eigenvalue weighted by Crippen LogP contribution is 2.23. The Balaban J connectivity index is 2.10. The second-order valence-electron chi connectivity index (χ2n) is 4.31. The Morgan fingerprint density at radius 3 is 2.89 bits per heavy atom. The maximum absolute atomic E-state index is 12.3. The van der Waals surface area contributed by atoms with Gasteiger partial charge >= 0.3 is 0 Å². The SMILES string of the molecule is CCc1cc(C(=O)N(C)Cc2cn[nH]c2)sc1C. The van der Waals surface area contributed by atoms with E-state index < -0.39 is 0 Å². The van der Waals surface area contributed by atoms with Gasteiger partial charge in [0.05, 0.1) is 11.1 Å². The fourth-order valence-corrected chi connectivity index (χ4v) is 2.98. The second kappa shape index (κ2) is 5.35. The molecule has 18 heavy (non-hydrogen) atoms. The van der Waals surface area contributed by atoms with Crippen molar-refractivity contribution in [2.45, 2.75) is 26.8 Å². The van der Waals surface area contributed by atoms with E-state index in [4.69, 9.17) is 0 Å². The van der Waals surface area contributed by atoms with Crippen molar-refractivity contribution in [1.29, 1.82) is 0 Å². The molecule has 2 aromatic rings. The molecule has 0 aromatic carbocycles. The van der Waals surface area contributed by atoms with Gasteiger partial charge in [-0.3, -0.25) is 9.89 Å². The molecule has 0 bridgehead atoms. The molecule has 2 aromatic heterocycles. The van der Waals surface area contributed by atoms with Gasteiger partial charge < -0.3 is 4.90 Å². The van der Waals surface area contributed by atoms with Gasteiger partial charge in [0.15, 0.2) is 0 Å². The molecule has 96 valence electrons. The van der Waals surface area contributed by atoms with Crippen LogP contribution in [0.5, 0.6) is 0 Å². The van der Waals surface area contributed by atoms with E-state index in [2.05, 4.69) is 24.0 Å². The molecule has 0 aliphatic heterocycles. The van der Waals surface area contributed by atoms with Gasteiger partial charge in [-0.2, -0.15) is 5.10 Å². The number of thiophene rings is 1. The highest BCUT2D eigenvalue weighted by atomic mass is 32.1. The van der Waals surface area contributed by atoms with Crippen molar-refractivity contribution in [2.75, 3.05) is 7.05 Å². The Labute approximate surface area is 111 Å². The summed E-state index contributed by atoms with van der Waals surface area (Å²) in [6.07, 6.45) is 4.52. The summed E-state index contributed by atoms with van der Waals surface area (Å²) in [5.74, 6) is 0.0731. The van der Waals surface area contributed by atoms with Crippen LogP contribution in [0.4, 0.5) is 0 Å². The van der Waals surface area contributed by atoms with Gasteiger partial charge in [0.2, 0.25) is 0 Å². The van der Waals surface area contributed by atoms with Crippen LogP contribution in [0.25, 0.3) is 0 Å². The summed E-state index contributed by atoms with van der Waals surface area (Å²) >= 11 is 1.57. The molecule has 5 heteroatoms. The van der Waals surface area contributed by atoms with Crippen molar-refractivity contribution in [3.05, 3.63) is 39.3 Å². The third-order valence-electron chi connectivity index (χ3n) is 2.93. The number of rotatable bonds is 4. The minimum Gasteiger partial charge on any atom is -0.337 e. The van der Waals surface area contributed by atoms with E-state index in [0.29, 0.717) is 6.54 Å². The van der Waals surface area contributed by atoms with Crippen molar-refractivity contribution in [1.82, 2.24) is 15.1 Å². The molecule has 0 saturated carbocycles. The van der Waals surface area contributed by atoms with E-state index in [1.165, 1.54) is 10.4 Å². The number of hydrogen-bond donors (Lipinski definition) is 1. The Bertz CT molecular complexity index is 530. The second-order valence-corrected chi connectivity index (χ2v) is 5.57. The molecular formula is C13H17N3OS. The average Bonchev–Trinajstić information content (AvgIpc) is 2.97. The number of carbonyl (C=O) groups is 1. The third-order valence-corrected chi connectivity index (χ3v) is 4.01. The summed E-state index contributed by atoms with van der Waals surface area (Å²) < 4.78 is 0. The molecule has 0 fully saturated rings. The summed E-state index contributed by atoms with van der Waals surface area (Å²) in [6.45, 7) is 4.75. The Morgan fingerprint density at radius 1 is 1.56 bits per heavy atom. The number of aromatic amines is 1. The van der Waals surface area contributed by atoms with E-state index >= 15 is 0 Å². The number of carbonyl (C=O) groups excluding carboxylic acids is 1. The van der Waals surface area contributed by atoms with Gasteiger partial charge in [0.1, 0.15) is 0 Å². The van der Waals surface area contributed by atoms with Crippen molar-refractivity contribution in [2.24, 2.45) is 0 Å². The number of aromatic nitrogens is 2. The molecule has 2 rings (SSSR count). The maximum atomic E-state index is 12.3. The highest BCUT2D eigenvalue weighted by molar-refractivity contribution is 7.14. The van der Waals surface area contributed by atoms with Crippen LogP contribution in [-0.2, 0) is 13.0 Å². The Kier molecular flexibility index (Phi) is 3.81. The van der Waals surface area contributed by atoms with Crippen LogP contribution < -0.4 is 0 Å². The van der Waals surface area contributed by atoms with E-state index in [1.54, 1.807) is 28.6 Å². The molecule has 0 aliphatic carbocycles. The minimum atomic E-state index is 0.0731. The molecule has 0 unspecified atom stereocenters. The summed E-state index contributed by atoms with van der Waals surface area (Å²) in [5.41, 5.74) is 2.27. The van der Waals surface area contributed by atoms with E-state index in [0.717, 1.165) is 16.9 Å². The molecule has 0 atom stereocenters. The number of nitrogens with zero attached hydrogens (tertiary/aromatic N) is 2. The summed E-state index contributed by atoms with van der Waals surface area (Å²) in [6, 6.07) is 2.01. The maximum Gasteiger partial charge on any atom is 0.263 e. The largest absolute Gasteiger partial charge is 0.337 e. The fraction of sp³-hybridized carbons (Fsp3) is 0.385. The first-order valence-corrected chi connectivity index (χ1v) is 6.76. The van der Waals surface area contributed by atoms with Gasteiger partial charge in [-0.1, -0.05) is 6.92 Å². The van der Waals surface area contributed by atoms with Crippen LogP contribution in [0.3, 0.4) is 0 Å². The zero-order chi connectivity index (χ0) is 13.1. The monoisotopic (exact) mass is 263 g/mol. The lowest BCUT2D eigenvalue weighted by molar-refractivity contribution is 0.0790. The van der Waals surface area contributed by atoms with Gasteiger partial charge in [0.25, 0.3) is 5.91 Å². The predicted octanol–water partition coefficient (Wildman–Crippen LogP) is 2.61. The van der Waals surface area contributed by atoms with Gasteiger partial charge in [-0.05, 0) is 25.0 Å². The van der Waals surface area contributed by atoms with Crippen LogP contribution in [0, 0.1) is 6.92 Å². The van der Waals surface area contributed by atoms with Crippen molar-refractivity contribution < 1.29 is 4.79 Å². The Morgan fingerprint density at radius 2 is 2.33 bits per heavy atom. The van der Waals surface area contributed by atoms with Crippen LogP contribution in [0.2, 0.25) is 0 Å². The molecular weight excluding hydrogens is 246 g/mol. The lowest BCUT2D eigenvalue weighted by Gasteiger charge is -2.14. The summed E-state index contributed by atoms with van der Waals surface area (Å²) in [4.78, 5) is 16.0. The molecule has 0 radical (unpaired) electrons. The standard InChI is InChI=1S/C13H17N3OS/c1-4-11-5-12(18-9(11)2)13(17)16(3)8-10-6-14-15-7-10/h5-7H,4,8H2,1-3H3,(H,14,15). The van der Waals surface area contributed by atoms with Gasteiger partial charge in [-0.15, -0.1) is 11.3 Å². The number of nitrogens with one attached hydrogen (secondary N) is 1. The normalized spacial score (nSPS) is 10.6. The smallest absolute Gasteiger partial charge is 0.263 e. The predicted molar refractivity (Wildman–Crippen MR) is 72.8 cm³/mol. The van der Waals surface area contributed by atoms with E-state index in [1.807, 2.05) is 13.1 Å². The number of hydrogen-bond acceptors (Lipinski definition) is 3. The molecule has 4 nitrogen and oxygen atoms in total. The van der Waals surface area contributed by atoms with Gasteiger partial charge in [-0.25, -0.2) is 0 Å². The van der Waals surface area contributed by atoms with Crippen molar-refractivity contribution >= 4 is 17.2 Å². The summed E-state index contributed by atoms with van der Waals surface area (Å²) in [7, 11) is 1.82. The molecule has 1 N–H and O–H groups in total. The lowest BCUT2D eigenvalue weighted by atomic mass is 10.2. The van der Waals surface area contributed by atoms with Gasteiger partial charge in [0, 0.05) is 30.2 Å². The number of amides is 1. The van der Waals surface area contributed by atoms with E-state index in [9.17, 15) is 4.79 Å². The quantitative estimate of drug-likeness (QED) is 0.921. The molecule has 1 amide bonds. The number of aryl methyl sites for hydroxylation is 2. The lowest BCUT2D eigenvalue weighted by Crippen LogP contribution is -2.25. The summed E-state index contributed by atoms with van der Waals surface area (Å²) in [5, 5.41) is 6.63. The molecule has 2 heterocycles. The number of H-pyrrole nitrogens is 1. The molecule has 0 aliphatic rings. The molecule has 0 spiro atoms. The first kappa shape index (κ1) is 12.8. The average molecular weight is 263 g/mol. The topological polar surface area (TPSA) is 49.0 Å². The van der Waals surface area contributed by atoms with Crippen molar-refractivity contribution in [3.63, 3.8) is 0 Å². The zero-order valence-electron chi connectivity index (χ0n) is 10.9.